The molecule has 1 heterocycles. The van der Waals surface area contributed by atoms with Crippen LogP contribution in [0.1, 0.15) is 12.0 Å². The van der Waals surface area contributed by atoms with Crippen LogP contribution in [0, 0.1) is 11.6 Å². The zero-order valence-electron chi connectivity index (χ0n) is 10.6. The van der Waals surface area contributed by atoms with Gasteiger partial charge in [-0.15, -0.1) is 0 Å². The Morgan fingerprint density at radius 3 is 2.90 bits per heavy atom. The van der Waals surface area contributed by atoms with Gasteiger partial charge in [0.2, 0.25) is 5.91 Å². The molecule has 2 N–H and O–H groups in total. The van der Waals surface area contributed by atoms with Crippen LogP contribution in [0.2, 0.25) is 0 Å². The van der Waals surface area contributed by atoms with E-state index in [-0.39, 0.29) is 18.5 Å². The molecule has 1 aliphatic heterocycles. The molecule has 1 aromatic rings. The molecule has 1 amide bonds. The molecule has 0 aliphatic carbocycles. The highest BCUT2D eigenvalue weighted by Gasteiger charge is 2.32. The van der Waals surface area contributed by atoms with Crippen molar-refractivity contribution in [1.82, 2.24) is 10.2 Å². The zero-order chi connectivity index (χ0) is 14.7. The van der Waals surface area contributed by atoms with Crippen molar-refractivity contribution in [1.29, 1.82) is 0 Å². The topological polar surface area (TPSA) is 69.6 Å². The van der Waals surface area contributed by atoms with E-state index in [1.165, 1.54) is 12.1 Å². The molecule has 0 radical (unpaired) electrons. The summed E-state index contributed by atoms with van der Waals surface area (Å²) in [6.07, 6.45) is -0.372. The molecule has 0 aromatic heterocycles. The first-order valence-electron chi connectivity index (χ1n) is 6.15. The largest absolute Gasteiger partial charge is 0.481 e. The van der Waals surface area contributed by atoms with Gasteiger partial charge in [-0.1, -0.05) is 12.1 Å². The van der Waals surface area contributed by atoms with Gasteiger partial charge in [0.1, 0.15) is 6.04 Å². The third kappa shape index (κ3) is 3.11. The molecule has 1 fully saturated rings. The summed E-state index contributed by atoms with van der Waals surface area (Å²) in [6, 6.07) is 2.94. The molecular formula is C13H14F2N2O3. The molecule has 1 aromatic carbocycles. The van der Waals surface area contributed by atoms with E-state index in [1.807, 2.05) is 0 Å². The van der Waals surface area contributed by atoms with Crippen LogP contribution in [-0.2, 0) is 16.1 Å². The number of carboxylic acids is 1. The van der Waals surface area contributed by atoms with Crippen LogP contribution in [0.25, 0.3) is 0 Å². The predicted octanol–water partition coefficient (Wildman–Crippen LogP) is 0.740. The third-order valence-electron chi connectivity index (χ3n) is 3.21. The lowest BCUT2D eigenvalue weighted by Gasteiger charge is -2.34. The van der Waals surface area contributed by atoms with E-state index < -0.39 is 29.6 Å². The molecule has 108 valence electrons. The fourth-order valence-electron chi connectivity index (χ4n) is 2.23. The molecule has 5 nitrogen and oxygen atoms in total. The Balaban J connectivity index is 2.18. The number of hydrogen-bond acceptors (Lipinski definition) is 3. The van der Waals surface area contributed by atoms with Gasteiger partial charge in [-0.25, -0.2) is 8.78 Å². The molecule has 0 spiro atoms. The summed E-state index contributed by atoms with van der Waals surface area (Å²) in [5.41, 5.74) is 0.107. The van der Waals surface area contributed by atoms with Crippen molar-refractivity contribution < 1.29 is 23.5 Å². The second kappa shape index (κ2) is 5.96. The van der Waals surface area contributed by atoms with Gasteiger partial charge in [0, 0.05) is 25.2 Å². The third-order valence-corrected chi connectivity index (χ3v) is 3.21. The quantitative estimate of drug-likeness (QED) is 0.855. The Hall–Kier alpha value is -2.02. The Labute approximate surface area is 114 Å². The first-order valence-corrected chi connectivity index (χ1v) is 6.15. The van der Waals surface area contributed by atoms with Crippen molar-refractivity contribution in [2.75, 3.05) is 13.1 Å². The average molecular weight is 284 g/mol. The predicted molar refractivity (Wildman–Crippen MR) is 65.8 cm³/mol. The van der Waals surface area contributed by atoms with Gasteiger partial charge in [-0.3, -0.25) is 14.5 Å². The molecule has 1 saturated heterocycles. The number of amides is 1. The highest BCUT2D eigenvalue weighted by atomic mass is 19.2. The van der Waals surface area contributed by atoms with Gasteiger partial charge in [0.05, 0.1) is 6.42 Å². The van der Waals surface area contributed by atoms with Crippen LogP contribution in [0.5, 0.6) is 0 Å². The van der Waals surface area contributed by atoms with E-state index >= 15 is 0 Å². The summed E-state index contributed by atoms with van der Waals surface area (Å²) in [4.78, 5) is 24.0. The van der Waals surface area contributed by atoms with Crippen molar-refractivity contribution in [2.45, 2.75) is 19.0 Å². The SMILES string of the molecule is O=C(O)CC1C(=O)NCCN1Cc1cccc(F)c1F. The number of hydrogen-bond donors (Lipinski definition) is 2. The summed E-state index contributed by atoms with van der Waals surface area (Å²) >= 11 is 0. The number of halogens is 2. The molecule has 1 unspecified atom stereocenters. The Morgan fingerprint density at radius 1 is 1.45 bits per heavy atom. The Bertz CT molecular complexity index is 536. The highest BCUT2D eigenvalue weighted by molar-refractivity contribution is 5.86. The monoisotopic (exact) mass is 284 g/mol. The summed E-state index contributed by atoms with van der Waals surface area (Å²) in [5.74, 6) is -3.45. The number of carbonyl (C=O) groups is 2. The van der Waals surface area contributed by atoms with Gasteiger partial charge in [-0.2, -0.15) is 0 Å². The number of benzene rings is 1. The molecule has 2 rings (SSSR count). The zero-order valence-corrected chi connectivity index (χ0v) is 10.6. The van der Waals surface area contributed by atoms with Crippen molar-refractivity contribution in [3.63, 3.8) is 0 Å². The smallest absolute Gasteiger partial charge is 0.305 e. The van der Waals surface area contributed by atoms with E-state index in [1.54, 1.807) is 4.90 Å². The second-order valence-electron chi connectivity index (χ2n) is 4.59. The summed E-state index contributed by atoms with van der Waals surface area (Å²) in [6.45, 7) is 0.737. The van der Waals surface area contributed by atoms with Gasteiger partial charge in [0.25, 0.3) is 0 Å². The minimum atomic E-state index is -1.11. The minimum Gasteiger partial charge on any atom is -0.481 e. The minimum absolute atomic E-state index is 0.00500. The van der Waals surface area contributed by atoms with Gasteiger partial charge in [0.15, 0.2) is 11.6 Å². The Kier molecular flexibility index (Phi) is 4.29. The lowest BCUT2D eigenvalue weighted by Crippen LogP contribution is -2.55. The fourth-order valence-corrected chi connectivity index (χ4v) is 2.23. The summed E-state index contributed by atoms with van der Waals surface area (Å²) < 4.78 is 26.8. The van der Waals surface area contributed by atoms with E-state index in [2.05, 4.69) is 5.32 Å². The van der Waals surface area contributed by atoms with Crippen LogP contribution in [-0.4, -0.2) is 41.0 Å². The first-order chi connectivity index (χ1) is 9.49. The number of piperazine rings is 1. The second-order valence-corrected chi connectivity index (χ2v) is 4.59. The molecule has 20 heavy (non-hydrogen) atoms. The van der Waals surface area contributed by atoms with E-state index in [4.69, 9.17) is 5.11 Å². The number of nitrogens with one attached hydrogen (secondary N) is 1. The van der Waals surface area contributed by atoms with Crippen LogP contribution in [0.3, 0.4) is 0 Å². The number of aliphatic carboxylic acids is 1. The van der Waals surface area contributed by atoms with Crippen LogP contribution < -0.4 is 5.32 Å². The number of nitrogens with zero attached hydrogens (tertiary/aromatic N) is 1. The maximum atomic E-state index is 13.6. The van der Waals surface area contributed by atoms with Crippen molar-refractivity contribution >= 4 is 11.9 Å². The molecule has 0 saturated carbocycles. The molecule has 7 heteroatoms. The number of carbonyl (C=O) groups excluding carboxylic acids is 1. The fraction of sp³-hybridized carbons (Fsp3) is 0.385. The highest BCUT2D eigenvalue weighted by Crippen LogP contribution is 2.17. The van der Waals surface area contributed by atoms with Crippen molar-refractivity contribution in [3.8, 4) is 0 Å². The Morgan fingerprint density at radius 2 is 2.20 bits per heavy atom. The molecule has 1 atom stereocenters. The van der Waals surface area contributed by atoms with Gasteiger partial charge >= 0.3 is 5.97 Å². The van der Waals surface area contributed by atoms with Gasteiger partial charge in [-0.05, 0) is 6.07 Å². The lowest BCUT2D eigenvalue weighted by atomic mass is 10.1. The summed E-state index contributed by atoms with van der Waals surface area (Å²) in [7, 11) is 0. The molecule has 1 aliphatic rings. The van der Waals surface area contributed by atoms with E-state index in [0.29, 0.717) is 13.1 Å². The number of rotatable bonds is 4. The molecular weight excluding hydrogens is 270 g/mol. The normalized spacial score (nSPS) is 19.7. The maximum Gasteiger partial charge on any atom is 0.305 e. The van der Waals surface area contributed by atoms with Crippen LogP contribution in [0.4, 0.5) is 8.78 Å². The standard InChI is InChI=1S/C13H14F2N2O3/c14-9-3-1-2-8(12(9)15)7-17-5-4-16-13(20)10(17)6-11(18)19/h1-3,10H,4-7H2,(H,16,20)(H,18,19). The van der Waals surface area contributed by atoms with Crippen molar-refractivity contribution in [2.24, 2.45) is 0 Å². The maximum absolute atomic E-state index is 13.6. The van der Waals surface area contributed by atoms with E-state index in [0.717, 1.165) is 6.07 Å². The van der Waals surface area contributed by atoms with Crippen LogP contribution in [0.15, 0.2) is 18.2 Å². The van der Waals surface area contributed by atoms with Crippen LogP contribution >= 0.6 is 0 Å². The lowest BCUT2D eigenvalue weighted by molar-refractivity contribution is -0.143. The van der Waals surface area contributed by atoms with E-state index in [9.17, 15) is 18.4 Å². The first kappa shape index (κ1) is 14.4. The summed E-state index contributed by atoms with van der Waals surface area (Å²) in [5, 5.41) is 11.4. The average Bonchev–Trinajstić information content (AvgIpc) is 2.38. The molecule has 0 bridgehead atoms. The van der Waals surface area contributed by atoms with Gasteiger partial charge < -0.3 is 10.4 Å². The van der Waals surface area contributed by atoms with Crippen molar-refractivity contribution in [3.05, 3.63) is 35.4 Å². The number of carboxylic acid groups (broad SMARTS) is 1.